The lowest BCUT2D eigenvalue weighted by atomic mass is 10.0. The second kappa shape index (κ2) is 8.12. The Morgan fingerprint density at radius 1 is 0.903 bits per heavy atom. The van der Waals surface area contributed by atoms with E-state index < -0.39 is 0 Å². The topological polar surface area (TPSA) is 72.2 Å². The molecule has 3 aromatic carbocycles. The van der Waals surface area contributed by atoms with Gasteiger partial charge in [0.25, 0.3) is 5.91 Å². The first-order chi connectivity index (χ1) is 15.2. The SMILES string of the molecule is CCc1nnc2sc(-c3cccc(NC(=O)c4ccc(-c5ccccc5)cc4)c3)nn12. The highest BCUT2D eigenvalue weighted by Crippen LogP contribution is 2.28. The zero-order chi connectivity index (χ0) is 21.2. The van der Waals surface area contributed by atoms with E-state index in [1.807, 2.05) is 73.7 Å². The molecule has 0 saturated carbocycles. The van der Waals surface area contributed by atoms with Gasteiger partial charge in [0.15, 0.2) is 5.82 Å². The van der Waals surface area contributed by atoms with Crippen LogP contribution in [0.25, 0.3) is 26.7 Å². The van der Waals surface area contributed by atoms with Gasteiger partial charge >= 0.3 is 0 Å². The number of anilines is 1. The number of hydrogen-bond donors (Lipinski definition) is 1. The number of amides is 1. The molecule has 6 nitrogen and oxygen atoms in total. The molecule has 0 bridgehead atoms. The highest BCUT2D eigenvalue weighted by molar-refractivity contribution is 7.19. The van der Waals surface area contributed by atoms with Gasteiger partial charge in [-0.2, -0.15) is 9.61 Å². The van der Waals surface area contributed by atoms with Gasteiger partial charge in [-0.3, -0.25) is 4.79 Å². The number of fused-ring (bicyclic) bond motifs is 1. The average Bonchev–Trinajstić information content (AvgIpc) is 3.41. The summed E-state index contributed by atoms with van der Waals surface area (Å²) in [5.74, 6) is 0.684. The lowest BCUT2D eigenvalue weighted by Crippen LogP contribution is -2.11. The van der Waals surface area contributed by atoms with Crippen molar-refractivity contribution in [2.24, 2.45) is 0 Å². The maximum absolute atomic E-state index is 12.7. The van der Waals surface area contributed by atoms with Crippen LogP contribution in [-0.2, 0) is 6.42 Å². The molecule has 7 heteroatoms. The van der Waals surface area contributed by atoms with Crippen molar-refractivity contribution in [3.05, 3.63) is 90.3 Å². The lowest BCUT2D eigenvalue weighted by molar-refractivity contribution is 0.102. The van der Waals surface area contributed by atoms with Crippen LogP contribution in [0.4, 0.5) is 5.69 Å². The molecular formula is C24H19N5OS. The van der Waals surface area contributed by atoms with Crippen LogP contribution in [0.5, 0.6) is 0 Å². The van der Waals surface area contributed by atoms with Crippen LogP contribution in [-0.4, -0.2) is 25.7 Å². The van der Waals surface area contributed by atoms with E-state index in [2.05, 4.69) is 32.7 Å². The molecule has 2 heterocycles. The minimum Gasteiger partial charge on any atom is -0.322 e. The van der Waals surface area contributed by atoms with Crippen LogP contribution in [0.3, 0.4) is 0 Å². The smallest absolute Gasteiger partial charge is 0.255 e. The minimum absolute atomic E-state index is 0.150. The van der Waals surface area contributed by atoms with Gasteiger partial charge in [-0.1, -0.05) is 72.9 Å². The van der Waals surface area contributed by atoms with Gasteiger partial charge in [-0.25, -0.2) is 0 Å². The van der Waals surface area contributed by atoms with Crippen LogP contribution in [0.2, 0.25) is 0 Å². The zero-order valence-corrected chi connectivity index (χ0v) is 17.6. The van der Waals surface area contributed by atoms with E-state index in [1.165, 1.54) is 11.3 Å². The van der Waals surface area contributed by atoms with Crippen molar-refractivity contribution < 1.29 is 4.79 Å². The van der Waals surface area contributed by atoms with Crippen molar-refractivity contribution >= 4 is 27.9 Å². The molecule has 5 rings (SSSR count). The van der Waals surface area contributed by atoms with E-state index >= 15 is 0 Å². The predicted octanol–water partition coefficient (Wildman–Crippen LogP) is 5.33. The third kappa shape index (κ3) is 3.83. The number of carbonyl (C=O) groups excluding carboxylic acids is 1. The summed E-state index contributed by atoms with van der Waals surface area (Å²) in [6, 6.07) is 25.4. The Kier molecular flexibility index (Phi) is 5.01. The van der Waals surface area contributed by atoms with Gasteiger partial charge in [0.05, 0.1) is 0 Å². The second-order valence-electron chi connectivity index (χ2n) is 7.05. The summed E-state index contributed by atoms with van der Waals surface area (Å²) in [7, 11) is 0. The highest BCUT2D eigenvalue weighted by atomic mass is 32.1. The summed E-state index contributed by atoms with van der Waals surface area (Å²) in [6.07, 6.45) is 0.767. The predicted molar refractivity (Wildman–Crippen MR) is 123 cm³/mol. The van der Waals surface area contributed by atoms with Gasteiger partial charge < -0.3 is 5.32 Å². The molecule has 5 aromatic rings. The maximum atomic E-state index is 12.7. The molecule has 0 aliphatic rings. The molecular weight excluding hydrogens is 406 g/mol. The molecule has 0 unspecified atom stereocenters. The molecule has 0 atom stereocenters. The number of aromatic nitrogens is 4. The number of rotatable bonds is 5. The van der Waals surface area contributed by atoms with Gasteiger partial charge in [0.1, 0.15) is 5.01 Å². The number of aryl methyl sites for hydroxylation is 1. The Labute approximate surface area is 183 Å². The Bertz CT molecular complexity index is 1360. The van der Waals surface area contributed by atoms with E-state index in [4.69, 9.17) is 0 Å². The number of carbonyl (C=O) groups is 1. The normalized spacial score (nSPS) is 11.0. The van der Waals surface area contributed by atoms with Crippen molar-refractivity contribution in [2.45, 2.75) is 13.3 Å². The molecule has 2 aromatic heterocycles. The van der Waals surface area contributed by atoms with E-state index in [0.29, 0.717) is 5.56 Å². The average molecular weight is 426 g/mol. The molecule has 1 amide bonds. The van der Waals surface area contributed by atoms with E-state index in [0.717, 1.165) is 44.6 Å². The maximum Gasteiger partial charge on any atom is 0.255 e. The molecule has 0 spiro atoms. The second-order valence-corrected chi connectivity index (χ2v) is 8.01. The van der Waals surface area contributed by atoms with Crippen molar-refractivity contribution in [1.29, 1.82) is 0 Å². The fraction of sp³-hybridized carbons (Fsp3) is 0.0833. The Balaban J connectivity index is 1.35. The van der Waals surface area contributed by atoms with Gasteiger partial charge in [-0.05, 0) is 35.4 Å². The van der Waals surface area contributed by atoms with E-state index in [-0.39, 0.29) is 5.91 Å². The summed E-state index contributed by atoms with van der Waals surface area (Å²) in [6.45, 7) is 2.03. The van der Waals surface area contributed by atoms with Crippen LogP contribution >= 0.6 is 11.3 Å². The number of nitrogens with one attached hydrogen (secondary N) is 1. The quantitative estimate of drug-likeness (QED) is 0.413. The number of benzene rings is 3. The molecule has 0 aliphatic heterocycles. The molecule has 0 radical (unpaired) electrons. The van der Waals surface area contributed by atoms with Gasteiger partial charge in [0, 0.05) is 23.2 Å². The summed E-state index contributed by atoms with van der Waals surface area (Å²) < 4.78 is 1.78. The number of nitrogens with zero attached hydrogens (tertiary/aromatic N) is 4. The first kappa shape index (κ1) is 19.1. The standard InChI is InChI=1S/C24H19N5OS/c1-2-21-26-27-24-29(21)28-23(31-24)19-9-6-10-20(15-19)25-22(30)18-13-11-17(12-14-18)16-7-4-3-5-8-16/h3-15H,2H2,1H3,(H,25,30). The van der Waals surface area contributed by atoms with Crippen LogP contribution in [0.1, 0.15) is 23.1 Å². The largest absolute Gasteiger partial charge is 0.322 e. The Morgan fingerprint density at radius 2 is 1.65 bits per heavy atom. The van der Waals surface area contributed by atoms with Crippen molar-refractivity contribution in [3.8, 4) is 21.7 Å². The number of hydrogen-bond acceptors (Lipinski definition) is 5. The summed E-state index contributed by atoms with van der Waals surface area (Å²) >= 11 is 1.48. The van der Waals surface area contributed by atoms with Crippen LogP contribution in [0, 0.1) is 0 Å². The first-order valence-electron chi connectivity index (χ1n) is 9.99. The molecule has 152 valence electrons. The monoisotopic (exact) mass is 425 g/mol. The fourth-order valence-corrected chi connectivity index (χ4v) is 4.23. The van der Waals surface area contributed by atoms with Crippen molar-refractivity contribution in [1.82, 2.24) is 19.8 Å². The lowest BCUT2D eigenvalue weighted by Gasteiger charge is -2.08. The first-order valence-corrected chi connectivity index (χ1v) is 10.8. The van der Waals surface area contributed by atoms with Gasteiger partial charge in [0.2, 0.25) is 4.96 Å². The summed E-state index contributed by atoms with van der Waals surface area (Å²) in [5, 5.41) is 16.7. The van der Waals surface area contributed by atoms with Crippen molar-refractivity contribution in [3.63, 3.8) is 0 Å². The minimum atomic E-state index is -0.150. The zero-order valence-electron chi connectivity index (χ0n) is 16.8. The fourth-order valence-electron chi connectivity index (χ4n) is 3.37. The molecule has 31 heavy (non-hydrogen) atoms. The van der Waals surface area contributed by atoms with Gasteiger partial charge in [-0.15, -0.1) is 10.2 Å². The molecule has 0 fully saturated rings. The molecule has 1 N–H and O–H groups in total. The Morgan fingerprint density at radius 3 is 2.42 bits per heavy atom. The molecule has 0 saturated heterocycles. The Hall–Kier alpha value is -3.84. The summed E-state index contributed by atoms with van der Waals surface area (Å²) in [5.41, 5.74) is 4.45. The van der Waals surface area contributed by atoms with E-state index in [1.54, 1.807) is 4.52 Å². The highest BCUT2D eigenvalue weighted by Gasteiger charge is 2.13. The molecule has 0 aliphatic carbocycles. The van der Waals surface area contributed by atoms with E-state index in [9.17, 15) is 4.79 Å². The summed E-state index contributed by atoms with van der Waals surface area (Å²) in [4.78, 5) is 13.5. The van der Waals surface area contributed by atoms with Crippen LogP contribution < -0.4 is 5.32 Å². The van der Waals surface area contributed by atoms with Crippen molar-refractivity contribution in [2.75, 3.05) is 5.32 Å². The van der Waals surface area contributed by atoms with Crippen LogP contribution in [0.15, 0.2) is 78.9 Å². The third-order valence-corrected chi connectivity index (χ3v) is 5.94. The third-order valence-electron chi connectivity index (χ3n) is 4.99.